The Morgan fingerprint density at radius 1 is 1.55 bits per heavy atom. The molecule has 0 radical (unpaired) electrons. The summed E-state index contributed by atoms with van der Waals surface area (Å²) in [6.45, 7) is 2.51. The van der Waals surface area contributed by atoms with Crippen molar-refractivity contribution in [1.29, 1.82) is 0 Å². The number of carbonyl (C=O) groups excluding carboxylic acids is 1. The number of aryl methyl sites for hydroxylation is 1. The van der Waals surface area contributed by atoms with Crippen molar-refractivity contribution in [2.45, 2.75) is 19.9 Å². The van der Waals surface area contributed by atoms with E-state index < -0.39 is 0 Å². The first kappa shape index (κ1) is 15.3. The minimum Gasteiger partial charge on any atom is -0.355 e. The molecule has 0 saturated heterocycles. The van der Waals surface area contributed by atoms with Crippen LogP contribution >= 0.6 is 27.5 Å². The number of benzene rings is 1. The molecule has 7 heteroatoms. The number of rotatable bonds is 5. The molecule has 2 aromatic rings. The summed E-state index contributed by atoms with van der Waals surface area (Å²) in [5.41, 5.74) is 1.24. The van der Waals surface area contributed by atoms with E-state index in [0.717, 1.165) is 0 Å². The minimum absolute atomic E-state index is 0.109. The maximum absolute atomic E-state index is 13.7. The van der Waals surface area contributed by atoms with Gasteiger partial charge in [-0.2, -0.15) is 0 Å². The highest BCUT2D eigenvalue weighted by Gasteiger charge is 2.15. The Balaban J connectivity index is 2.50. The summed E-state index contributed by atoms with van der Waals surface area (Å²) in [5.74, 6) is 0.555. The van der Waals surface area contributed by atoms with Crippen LogP contribution in [0.15, 0.2) is 16.6 Å². The van der Waals surface area contributed by atoms with Gasteiger partial charge < -0.3 is 9.88 Å². The zero-order chi connectivity index (χ0) is 14.7. The number of amides is 1. The van der Waals surface area contributed by atoms with Crippen molar-refractivity contribution in [1.82, 2.24) is 14.9 Å². The highest BCUT2D eigenvalue weighted by atomic mass is 79.9. The van der Waals surface area contributed by atoms with E-state index in [9.17, 15) is 9.18 Å². The molecular formula is C13H14BrClFN3O. The lowest BCUT2D eigenvalue weighted by Crippen LogP contribution is -2.27. The van der Waals surface area contributed by atoms with E-state index in [1.165, 1.54) is 6.07 Å². The molecule has 0 aliphatic rings. The number of nitrogens with zero attached hydrogens (tertiary/aromatic N) is 2. The summed E-state index contributed by atoms with van der Waals surface area (Å²) < 4.78 is 15.8. The number of halogens is 3. The number of carbonyl (C=O) groups is 1. The number of fused-ring (bicyclic) bond motifs is 1. The Bertz CT molecular complexity index is 644. The number of aromatic nitrogens is 2. The maximum atomic E-state index is 13.7. The van der Waals surface area contributed by atoms with Crippen LogP contribution in [0.25, 0.3) is 11.0 Å². The second-order valence-electron chi connectivity index (χ2n) is 4.26. The van der Waals surface area contributed by atoms with Crippen molar-refractivity contribution in [2.75, 3.05) is 12.4 Å². The van der Waals surface area contributed by atoms with Crippen molar-refractivity contribution in [3.63, 3.8) is 0 Å². The van der Waals surface area contributed by atoms with Crippen LogP contribution < -0.4 is 5.32 Å². The molecule has 2 rings (SSSR count). The van der Waals surface area contributed by atoms with Gasteiger partial charge in [-0.25, -0.2) is 9.37 Å². The quantitative estimate of drug-likeness (QED) is 0.832. The summed E-state index contributed by atoms with van der Waals surface area (Å²) >= 11 is 8.89. The summed E-state index contributed by atoms with van der Waals surface area (Å²) in [4.78, 5) is 16.2. The number of hydrogen-bond acceptors (Lipinski definition) is 2. The van der Waals surface area contributed by atoms with Gasteiger partial charge in [0, 0.05) is 24.9 Å². The molecule has 1 aromatic carbocycles. The lowest BCUT2D eigenvalue weighted by Gasteiger charge is -2.08. The molecule has 0 atom stereocenters. The fourth-order valence-corrected chi connectivity index (χ4v) is 2.52. The predicted molar refractivity (Wildman–Crippen MR) is 80.5 cm³/mol. The monoisotopic (exact) mass is 361 g/mol. The molecule has 108 valence electrons. The first-order valence-corrected chi connectivity index (χ1v) is 7.56. The molecule has 0 saturated carbocycles. The molecular weight excluding hydrogens is 349 g/mol. The summed E-state index contributed by atoms with van der Waals surface area (Å²) in [7, 11) is 0. The van der Waals surface area contributed by atoms with Crippen molar-refractivity contribution < 1.29 is 9.18 Å². The standard InChI is InChI=1S/C13H14BrClFN3O/c1-2-17-13(20)7-19-11-6-9(16)8(14)5-10(11)18-12(19)3-4-15/h5-6H,2-4,7H2,1H3,(H,17,20). The second-order valence-corrected chi connectivity index (χ2v) is 5.49. The predicted octanol–water partition coefficient (Wildman–Crippen LogP) is 2.86. The average Bonchev–Trinajstić information content (AvgIpc) is 2.69. The summed E-state index contributed by atoms with van der Waals surface area (Å²) in [6.07, 6.45) is 0.523. The Labute approximate surface area is 129 Å². The molecule has 0 aliphatic carbocycles. The fourth-order valence-electron chi connectivity index (χ4n) is 2.02. The number of alkyl halides is 1. The molecule has 0 bridgehead atoms. The molecule has 0 spiro atoms. The molecule has 0 fully saturated rings. The lowest BCUT2D eigenvalue weighted by atomic mass is 10.3. The van der Waals surface area contributed by atoms with Crippen LogP contribution in [0.1, 0.15) is 12.7 Å². The van der Waals surface area contributed by atoms with Gasteiger partial charge in [0.25, 0.3) is 0 Å². The molecule has 1 aromatic heterocycles. The van der Waals surface area contributed by atoms with E-state index in [2.05, 4.69) is 26.2 Å². The van der Waals surface area contributed by atoms with Crippen LogP contribution in [0.3, 0.4) is 0 Å². The third-order valence-corrected chi connectivity index (χ3v) is 3.66. The lowest BCUT2D eigenvalue weighted by molar-refractivity contribution is -0.121. The molecule has 1 amide bonds. The Morgan fingerprint density at radius 2 is 2.30 bits per heavy atom. The van der Waals surface area contributed by atoms with Crippen LogP contribution in [0, 0.1) is 5.82 Å². The Kier molecular flexibility index (Phi) is 4.99. The van der Waals surface area contributed by atoms with Gasteiger partial charge in [-0.3, -0.25) is 4.79 Å². The van der Waals surface area contributed by atoms with Gasteiger partial charge in [0.05, 0.1) is 15.5 Å². The second kappa shape index (κ2) is 6.54. The number of likely N-dealkylation sites (N-methyl/N-ethyl adjacent to an activating group) is 1. The van der Waals surface area contributed by atoms with Crippen molar-refractivity contribution in [3.05, 3.63) is 28.2 Å². The highest BCUT2D eigenvalue weighted by Crippen LogP contribution is 2.24. The van der Waals surface area contributed by atoms with Gasteiger partial charge in [0.2, 0.25) is 5.91 Å². The van der Waals surface area contributed by atoms with E-state index in [0.29, 0.717) is 40.2 Å². The summed E-state index contributed by atoms with van der Waals surface area (Å²) in [5, 5.41) is 2.72. The van der Waals surface area contributed by atoms with E-state index in [4.69, 9.17) is 11.6 Å². The maximum Gasteiger partial charge on any atom is 0.239 e. The number of nitrogens with one attached hydrogen (secondary N) is 1. The number of hydrogen-bond donors (Lipinski definition) is 1. The van der Waals surface area contributed by atoms with Gasteiger partial charge in [0.15, 0.2) is 0 Å². The van der Waals surface area contributed by atoms with Gasteiger partial charge in [-0.05, 0) is 28.9 Å². The molecule has 4 nitrogen and oxygen atoms in total. The van der Waals surface area contributed by atoms with Gasteiger partial charge in [-0.1, -0.05) is 0 Å². The minimum atomic E-state index is -0.382. The van der Waals surface area contributed by atoms with Crippen LogP contribution in [0.5, 0.6) is 0 Å². The molecule has 20 heavy (non-hydrogen) atoms. The van der Waals surface area contributed by atoms with Crippen LogP contribution in [0.4, 0.5) is 4.39 Å². The zero-order valence-corrected chi connectivity index (χ0v) is 13.3. The first-order valence-electron chi connectivity index (χ1n) is 6.23. The smallest absolute Gasteiger partial charge is 0.239 e. The van der Waals surface area contributed by atoms with Crippen molar-refractivity contribution in [2.24, 2.45) is 0 Å². The van der Waals surface area contributed by atoms with E-state index in [-0.39, 0.29) is 18.3 Å². The Hall–Kier alpha value is -1.14. The molecule has 0 aliphatic heterocycles. The van der Waals surface area contributed by atoms with Crippen molar-refractivity contribution in [3.8, 4) is 0 Å². The third kappa shape index (κ3) is 3.12. The van der Waals surface area contributed by atoms with Crippen LogP contribution in [-0.4, -0.2) is 27.9 Å². The number of imidazole rings is 1. The zero-order valence-electron chi connectivity index (χ0n) is 10.9. The normalized spacial score (nSPS) is 11.0. The first-order chi connectivity index (χ1) is 9.56. The Morgan fingerprint density at radius 3 is 2.95 bits per heavy atom. The highest BCUT2D eigenvalue weighted by molar-refractivity contribution is 9.10. The topological polar surface area (TPSA) is 46.9 Å². The van der Waals surface area contributed by atoms with Gasteiger partial charge in [-0.15, -0.1) is 11.6 Å². The molecule has 1 N–H and O–H groups in total. The van der Waals surface area contributed by atoms with E-state index in [1.54, 1.807) is 10.6 Å². The van der Waals surface area contributed by atoms with Gasteiger partial charge >= 0.3 is 0 Å². The molecule has 1 heterocycles. The van der Waals surface area contributed by atoms with Gasteiger partial charge in [0.1, 0.15) is 18.2 Å². The summed E-state index contributed by atoms with van der Waals surface area (Å²) in [6, 6.07) is 2.99. The van der Waals surface area contributed by atoms with Crippen LogP contribution in [-0.2, 0) is 17.8 Å². The largest absolute Gasteiger partial charge is 0.355 e. The SMILES string of the molecule is CCNC(=O)Cn1c(CCCl)nc2cc(Br)c(F)cc21. The van der Waals surface area contributed by atoms with E-state index >= 15 is 0 Å². The average molecular weight is 363 g/mol. The van der Waals surface area contributed by atoms with Crippen LogP contribution in [0.2, 0.25) is 0 Å². The fraction of sp³-hybridized carbons (Fsp3) is 0.385. The third-order valence-electron chi connectivity index (χ3n) is 2.86. The van der Waals surface area contributed by atoms with E-state index in [1.807, 2.05) is 6.92 Å². The van der Waals surface area contributed by atoms with Crippen molar-refractivity contribution >= 4 is 44.5 Å². The molecule has 0 unspecified atom stereocenters.